The molecule has 0 aromatic carbocycles. The molecule has 1 aliphatic carbocycles. The molecule has 1 saturated heterocycles. The number of rotatable bonds is 5. The molecule has 3 nitrogen and oxygen atoms in total. The first-order valence-electron chi connectivity index (χ1n) is 6.95. The van der Waals surface area contributed by atoms with E-state index in [1.807, 2.05) is 0 Å². The van der Waals surface area contributed by atoms with Gasteiger partial charge in [-0.1, -0.05) is 6.92 Å². The molecule has 1 heterocycles. The third-order valence-corrected chi connectivity index (χ3v) is 4.00. The van der Waals surface area contributed by atoms with Crippen molar-refractivity contribution in [3.05, 3.63) is 0 Å². The fraction of sp³-hybridized carbons (Fsp3) is 1.00. The molecule has 0 spiro atoms. The van der Waals surface area contributed by atoms with Gasteiger partial charge in [-0.2, -0.15) is 0 Å². The Labute approximate surface area is 99.8 Å². The lowest BCUT2D eigenvalue weighted by atomic mass is 10.1. The van der Waals surface area contributed by atoms with Gasteiger partial charge in [0.2, 0.25) is 0 Å². The van der Waals surface area contributed by atoms with Gasteiger partial charge in [-0.15, -0.1) is 0 Å². The molecule has 0 bridgehead atoms. The van der Waals surface area contributed by atoms with Gasteiger partial charge in [0.1, 0.15) is 0 Å². The molecule has 0 radical (unpaired) electrons. The molecule has 2 fully saturated rings. The highest BCUT2D eigenvalue weighted by Gasteiger charge is 2.22. The fourth-order valence-electron chi connectivity index (χ4n) is 3.04. The first-order chi connectivity index (χ1) is 7.74. The van der Waals surface area contributed by atoms with Crippen LogP contribution < -0.4 is 11.1 Å². The second-order valence-electron chi connectivity index (χ2n) is 5.79. The Morgan fingerprint density at radius 1 is 1.31 bits per heavy atom. The van der Waals surface area contributed by atoms with Crippen molar-refractivity contribution in [3.8, 4) is 0 Å². The van der Waals surface area contributed by atoms with E-state index in [9.17, 15) is 0 Å². The first-order valence-corrected chi connectivity index (χ1v) is 6.95. The maximum atomic E-state index is 5.92. The molecular formula is C13H27N3. The average molecular weight is 225 g/mol. The van der Waals surface area contributed by atoms with Gasteiger partial charge in [0.25, 0.3) is 0 Å². The van der Waals surface area contributed by atoms with Crippen LogP contribution in [0.1, 0.15) is 39.0 Å². The van der Waals surface area contributed by atoms with Crippen molar-refractivity contribution >= 4 is 0 Å². The summed E-state index contributed by atoms with van der Waals surface area (Å²) in [5, 5.41) is 3.68. The largest absolute Gasteiger partial charge is 0.328 e. The molecule has 0 amide bonds. The predicted molar refractivity (Wildman–Crippen MR) is 68.5 cm³/mol. The zero-order valence-corrected chi connectivity index (χ0v) is 10.6. The number of hydrogen-bond donors (Lipinski definition) is 2. The second-order valence-corrected chi connectivity index (χ2v) is 5.79. The molecule has 16 heavy (non-hydrogen) atoms. The normalized spacial score (nSPS) is 33.4. The third-order valence-electron chi connectivity index (χ3n) is 4.00. The molecule has 0 aromatic heterocycles. The van der Waals surface area contributed by atoms with Crippen LogP contribution in [0.2, 0.25) is 0 Å². The lowest BCUT2D eigenvalue weighted by Crippen LogP contribution is -2.36. The van der Waals surface area contributed by atoms with Crippen molar-refractivity contribution in [2.24, 2.45) is 11.7 Å². The van der Waals surface area contributed by atoms with Crippen molar-refractivity contribution in [2.75, 3.05) is 26.2 Å². The van der Waals surface area contributed by atoms with Crippen LogP contribution in [0.3, 0.4) is 0 Å². The summed E-state index contributed by atoms with van der Waals surface area (Å²) in [5.41, 5.74) is 5.92. The van der Waals surface area contributed by atoms with E-state index in [1.54, 1.807) is 0 Å². The van der Waals surface area contributed by atoms with E-state index >= 15 is 0 Å². The highest BCUT2D eigenvalue weighted by atomic mass is 15.1. The quantitative estimate of drug-likeness (QED) is 0.738. The van der Waals surface area contributed by atoms with Gasteiger partial charge < -0.3 is 16.0 Å². The van der Waals surface area contributed by atoms with Crippen LogP contribution >= 0.6 is 0 Å². The van der Waals surface area contributed by atoms with E-state index in [-0.39, 0.29) is 0 Å². The predicted octanol–water partition coefficient (Wildman–Crippen LogP) is 1.19. The molecule has 2 rings (SSSR count). The van der Waals surface area contributed by atoms with Crippen LogP contribution in [0.4, 0.5) is 0 Å². The lowest BCUT2D eigenvalue weighted by molar-refractivity contribution is 0.277. The third kappa shape index (κ3) is 3.72. The molecule has 3 atom stereocenters. The van der Waals surface area contributed by atoms with Gasteiger partial charge in [0.15, 0.2) is 0 Å². The minimum absolute atomic E-state index is 0.450. The Balaban J connectivity index is 1.58. The second kappa shape index (κ2) is 5.99. The van der Waals surface area contributed by atoms with Crippen molar-refractivity contribution in [3.63, 3.8) is 0 Å². The Kier molecular flexibility index (Phi) is 4.62. The monoisotopic (exact) mass is 225 g/mol. The van der Waals surface area contributed by atoms with Gasteiger partial charge in [-0.3, -0.25) is 0 Å². The van der Waals surface area contributed by atoms with Gasteiger partial charge in [-0.05, 0) is 57.7 Å². The van der Waals surface area contributed by atoms with Gasteiger partial charge in [-0.25, -0.2) is 0 Å². The van der Waals surface area contributed by atoms with Crippen LogP contribution in [-0.4, -0.2) is 43.2 Å². The van der Waals surface area contributed by atoms with Gasteiger partial charge >= 0.3 is 0 Å². The summed E-state index contributed by atoms with van der Waals surface area (Å²) < 4.78 is 0. The van der Waals surface area contributed by atoms with Crippen LogP contribution in [0.5, 0.6) is 0 Å². The van der Waals surface area contributed by atoms with Gasteiger partial charge in [0, 0.05) is 18.6 Å². The Hall–Kier alpha value is -0.120. The minimum Gasteiger partial charge on any atom is -0.328 e. The molecule has 2 aliphatic rings. The Morgan fingerprint density at radius 3 is 2.69 bits per heavy atom. The average Bonchev–Trinajstić information content (AvgIpc) is 2.87. The van der Waals surface area contributed by atoms with Crippen molar-refractivity contribution in [1.82, 2.24) is 10.2 Å². The standard InChI is InChI=1S/C13H27N3/c1-11(10-16-6-2-3-7-16)9-15-13-5-4-12(14)8-13/h11-13,15H,2-10,14H2,1H3. The lowest BCUT2D eigenvalue weighted by Gasteiger charge is -2.22. The van der Waals surface area contributed by atoms with Crippen LogP contribution in [-0.2, 0) is 0 Å². The molecule has 94 valence electrons. The Morgan fingerprint density at radius 2 is 2.06 bits per heavy atom. The fourth-order valence-corrected chi connectivity index (χ4v) is 3.04. The molecule has 1 saturated carbocycles. The number of nitrogens with two attached hydrogens (primary N) is 1. The highest BCUT2D eigenvalue weighted by Crippen LogP contribution is 2.17. The summed E-state index contributed by atoms with van der Waals surface area (Å²) in [4.78, 5) is 2.60. The van der Waals surface area contributed by atoms with Gasteiger partial charge in [0.05, 0.1) is 0 Å². The molecule has 0 aromatic rings. The van der Waals surface area contributed by atoms with Crippen molar-refractivity contribution in [1.29, 1.82) is 0 Å². The molecule has 1 aliphatic heterocycles. The van der Waals surface area contributed by atoms with Crippen LogP contribution in [0, 0.1) is 5.92 Å². The maximum Gasteiger partial charge on any atom is 0.00824 e. The Bertz CT molecular complexity index is 201. The molecule has 3 heteroatoms. The summed E-state index contributed by atoms with van der Waals surface area (Å²) in [7, 11) is 0. The summed E-state index contributed by atoms with van der Waals surface area (Å²) in [5.74, 6) is 0.773. The summed E-state index contributed by atoms with van der Waals surface area (Å²) in [6.07, 6.45) is 6.46. The number of nitrogens with one attached hydrogen (secondary N) is 1. The number of hydrogen-bond acceptors (Lipinski definition) is 3. The van der Waals surface area contributed by atoms with E-state index in [0.717, 1.165) is 12.5 Å². The van der Waals surface area contributed by atoms with Crippen LogP contribution in [0.15, 0.2) is 0 Å². The highest BCUT2D eigenvalue weighted by molar-refractivity contribution is 4.83. The van der Waals surface area contributed by atoms with Crippen molar-refractivity contribution < 1.29 is 0 Å². The maximum absolute atomic E-state index is 5.92. The topological polar surface area (TPSA) is 41.3 Å². The number of nitrogens with zero attached hydrogens (tertiary/aromatic N) is 1. The molecular weight excluding hydrogens is 198 g/mol. The zero-order valence-electron chi connectivity index (χ0n) is 10.6. The SMILES string of the molecule is CC(CNC1CCC(N)C1)CN1CCCC1. The summed E-state index contributed by atoms with van der Waals surface area (Å²) >= 11 is 0. The minimum atomic E-state index is 0.450. The van der Waals surface area contributed by atoms with E-state index in [2.05, 4.69) is 17.1 Å². The van der Waals surface area contributed by atoms with E-state index in [0.29, 0.717) is 12.1 Å². The number of likely N-dealkylation sites (tertiary alicyclic amines) is 1. The summed E-state index contributed by atoms with van der Waals surface area (Å²) in [6.45, 7) is 7.43. The zero-order chi connectivity index (χ0) is 11.4. The molecule has 3 N–H and O–H groups in total. The van der Waals surface area contributed by atoms with Crippen molar-refractivity contribution in [2.45, 2.75) is 51.1 Å². The summed E-state index contributed by atoms with van der Waals surface area (Å²) in [6, 6.07) is 1.14. The van der Waals surface area contributed by atoms with E-state index in [4.69, 9.17) is 5.73 Å². The van der Waals surface area contributed by atoms with E-state index < -0.39 is 0 Å². The molecule has 3 unspecified atom stereocenters. The first kappa shape index (κ1) is 12.3. The smallest absolute Gasteiger partial charge is 0.00824 e. The van der Waals surface area contributed by atoms with E-state index in [1.165, 1.54) is 51.7 Å². The van der Waals surface area contributed by atoms with Crippen LogP contribution in [0.25, 0.3) is 0 Å².